The highest BCUT2D eigenvalue weighted by molar-refractivity contribution is 8.07. The Morgan fingerprint density at radius 3 is 3.06 bits per heavy atom. The lowest BCUT2D eigenvalue weighted by Crippen LogP contribution is -2.24. The molecule has 92 valence electrons. The first-order valence-corrected chi connectivity index (χ1v) is 7.98. The molecule has 0 radical (unpaired) electrons. The van der Waals surface area contributed by atoms with Crippen LogP contribution < -0.4 is 4.74 Å². The van der Waals surface area contributed by atoms with Crippen molar-refractivity contribution in [1.82, 2.24) is 0 Å². The molecule has 1 atom stereocenters. The summed E-state index contributed by atoms with van der Waals surface area (Å²) < 4.78 is 5.42. The summed E-state index contributed by atoms with van der Waals surface area (Å²) in [5.41, 5.74) is 0.774. The first kappa shape index (κ1) is 12.8. The third-order valence-corrected chi connectivity index (χ3v) is 5.29. The van der Waals surface area contributed by atoms with Crippen LogP contribution in [0.5, 0.6) is 5.75 Å². The average molecular weight is 268 g/mol. The van der Waals surface area contributed by atoms with Crippen LogP contribution in [0.3, 0.4) is 0 Å². The Kier molecular flexibility index (Phi) is 4.80. The zero-order chi connectivity index (χ0) is 12.1. The summed E-state index contributed by atoms with van der Waals surface area (Å²) in [6, 6.07) is 7.51. The number of thioether (sulfide) groups is 2. The van der Waals surface area contributed by atoms with E-state index in [1.807, 2.05) is 43.0 Å². The number of rotatable bonds is 4. The molecule has 0 bridgehead atoms. The average Bonchev–Trinajstić information content (AvgIpc) is 2.40. The molecule has 0 spiro atoms. The van der Waals surface area contributed by atoms with Crippen molar-refractivity contribution in [3.05, 3.63) is 29.8 Å². The van der Waals surface area contributed by atoms with E-state index in [0.717, 1.165) is 28.6 Å². The molecule has 0 amide bonds. The van der Waals surface area contributed by atoms with Gasteiger partial charge in [-0.25, -0.2) is 0 Å². The second-order valence-electron chi connectivity index (χ2n) is 3.76. The van der Waals surface area contributed by atoms with Gasteiger partial charge in [-0.15, -0.1) is 11.8 Å². The van der Waals surface area contributed by atoms with Crippen LogP contribution in [-0.4, -0.2) is 34.9 Å². The molecule has 1 heterocycles. The predicted octanol–water partition coefficient (Wildman–Crippen LogP) is 3.12. The van der Waals surface area contributed by atoms with E-state index >= 15 is 0 Å². The quantitative estimate of drug-likeness (QED) is 0.784. The standard InChI is InChI=1S/C13H16O2S2/c1-2-15-11-5-3-4-10(8-11)13(14)12-9-16-6-7-17-12/h3-5,8,12H,2,6-7,9H2,1H3. The van der Waals surface area contributed by atoms with Crippen LogP contribution in [0.15, 0.2) is 24.3 Å². The fraction of sp³-hybridized carbons (Fsp3) is 0.462. The molecule has 1 unspecified atom stereocenters. The number of hydrogen-bond donors (Lipinski definition) is 0. The molecule has 4 heteroatoms. The van der Waals surface area contributed by atoms with E-state index in [9.17, 15) is 4.79 Å². The van der Waals surface area contributed by atoms with Gasteiger partial charge in [0.2, 0.25) is 0 Å². The van der Waals surface area contributed by atoms with Crippen molar-refractivity contribution in [3.63, 3.8) is 0 Å². The van der Waals surface area contributed by atoms with Gasteiger partial charge in [0.05, 0.1) is 11.9 Å². The summed E-state index contributed by atoms with van der Waals surface area (Å²) in [5.74, 6) is 4.19. The van der Waals surface area contributed by atoms with Gasteiger partial charge in [0.1, 0.15) is 5.75 Å². The molecule has 17 heavy (non-hydrogen) atoms. The van der Waals surface area contributed by atoms with Crippen LogP contribution in [0, 0.1) is 0 Å². The van der Waals surface area contributed by atoms with Crippen LogP contribution in [0.1, 0.15) is 17.3 Å². The minimum Gasteiger partial charge on any atom is -0.494 e. The van der Waals surface area contributed by atoms with Crippen molar-refractivity contribution < 1.29 is 9.53 Å². The van der Waals surface area contributed by atoms with E-state index in [4.69, 9.17) is 4.74 Å². The third kappa shape index (κ3) is 3.42. The van der Waals surface area contributed by atoms with Gasteiger partial charge in [-0.2, -0.15) is 11.8 Å². The maximum atomic E-state index is 12.3. The molecule has 0 aromatic heterocycles. The number of Topliss-reactive ketones (excluding diaryl/α,β-unsaturated/α-hetero) is 1. The number of carbonyl (C=O) groups excluding carboxylic acids is 1. The molecule has 1 aliphatic rings. The Morgan fingerprint density at radius 2 is 2.35 bits per heavy atom. The minimum absolute atomic E-state index is 0.116. The van der Waals surface area contributed by atoms with Crippen molar-refractivity contribution in [1.29, 1.82) is 0 Å². The highest BCUT2D eigenvalue weighted by atomic mass is 32.2. The van der Waals surface area contributed by atoms with E-state index in [0.29, 0.717) is 6.61 Å². The molecule has 0 saturated carbocycles. The van der Waals surface area contributed by atoms with Crippen molar-refractivity contribution in [2.45, 2.75) is 12.2 Å². The second kappa shape index (κ2) is 6.36. The third-order valence-electron chi connectivity index (χ3n) is 2.54. The van der Waals surface area contributed by atoms with E-state index in [-0.39, 0.29) is 11.0 Å². The zero-order valence-corrected chi connectivity index (χ0v) is 11.5. The number of benzene rings is 1. The molecule has 2 nitrogen and oxygen atoms in total. The number of ether oxygens (including phenoxy) is 1. The Bertz CT molecular complexity index is 387. The first-order valence-electron chi connectivity index (χ1n) is 5.77. The Labute approximate surface area is 111 Å². The molecule has 0 aliphatic carbocycles. The minimum atomic E-state index is 0.116. The van der Waals surface area contributed by atoms with E-state index in [2.05, 4.69) is 0 Å². The monoisotopic (exact) mass is 268 g/mol. The summed E-state index contributed by atoms with van der Waals surface area (Å²) >= 11 is 3.64. The molecular formula is C13H16O2S2. The van der Waals surface area contributed by atoms with Crippen LogP contribution in [0.25, 0.3) is 0 Å². The summed E-state index contributed by atoms with van der Waals surface area (Å²) in [6.45, 7) is 2.58. The molecular weight excluding hydrogens is 252 g/mol. The topological polar surface area (TPSA) is 26.3 Å². The molecule has 1 aromatic carbocycles. The van der Waals surface area contributed by atoms with Crippen molar-refractivity contribution in [2.24, 2.45) is 0 Å². The van der Waals surface area contributed by atoms with E-state index in [1.54, 1.807) is 11.8 Å². The van der Waals surface area contributed by atoms with Crippen LogP contribution in [0.4, 0.5) is 0 Å². The van der Waals surface area contributed by atoms with Crippen LogP contribution in [-0.2, 0) is 0 Å². The molecule has 0 N–H and O–H groups in total. The maximum absolute atomic E-state index is 12.3. The lowest BCUT2D eigenvalue weighted by Gasteiger charge is -2.19. The van der Waals surface area contributed by atoms with Crippen LogP contribution in [0.2, 0.25) is 0 Å². The Morgan fingerprint density at radius 1 is 1.47 bits per heavy atom. The first-order chi connectivity index (χ1) is 8.31. The fourth-order valence-corrected chi connectivity index (χ4v) is 4.36. The lowest BCUT2D eigenvalue weighted by atomic mass is 10.1. The smallest absolute Gasteiger partial charge is 0.176 e. The largest absolute Gasteiger partial charge is 0.494 e. The van der Waals surface area contributed by atoms with Gasteiger partial charge in [0.25, 0.3) is 0 Å². The predicted molar refractivity (Wildman–Crippen MR) is 75.5 cm³/mol. The van der Waals surface area contributed by atoms with E-state index in [1.165, 1.54) is 0 Å². The highest BCUT2D eigenvalue weighted by Crippen LogP contribution is 2.27. The second-order valence-corrected chi connectivity index (χ2v) is 6.22. The molecule has 1 aliphatic heterocycles. The van der Waals surface area contributed by atoms with Gasteiger partial charge in [-0.1, -0.05) is 12.1 Å². The number of ketones is 1. The number of hydrogen-bond acceptors (Lipinski definition) is 4. The van der Waals surface area contributed by atoms with Crippen molar-refractivity contribution in [2.75, 3.05) is 23.9 Å². The van der Waals surface area contributed by atoms with Gasteiger partial charge in [-0.05, 0) is 19.1 Å². The summed E-state index contributed by atoms with van der Waals surface area (Å²) in [6.07, 6.45) is 0. The Balaban J connectivity index is 2.09. The Hall–Kier alpha value is -0.610. The van der Waals surface area contributed by atoms with Gasteiger partial charge in [0.15, 0.2) is 5.78 Å². The lowest BCUT2D eigenvalue weighted by molar-refractivity contribution is 0.0994. The molecule has 1 aromatic rings. The number of carbonyl (C=O) groups is 1. The van der Waals surface area contributed by atoms with Gasteiger partial charge >= 0.3 is 0 Å². The summed E-state index contributed by atoms with van der Waals surface area (Å²) in [4.78, 5) is 12.3. The summed E-state index contributed by atoms with van der Waals surface area (Å²) in [7, 11) is 0. The summed E-state index contributed by atoms with van der Waals surface area (Å²) in [5, 5.41) is 0.116. The van der Waals surface area contributed by atoms with Crippen LogP contribution >= 0.6 is 23.5 Å². The van der Waals surface area contributed by atoms with Crippen molar-refractivity contribution >= 4 is 29.3 Å². The van der Waals surface area contributed by atoms with Gasteiger partial charge in [0, 0.05) is 22.8 Å². The van der Waals surface area contributed by atoms with E-state index < -0.39 is 0 Å². The fourth-order valence-electron chi connectivity index (χ4n) is 1.73. The van der Waals surface area contributed by atoms with Gasteiger partial charge < -0.3 is 4.74 Å². The highest BCUT2D eigenvalue weighted by Gasteiger charge is 2.23. The molecule has 1 saturated heterocycles. The zero-order valence-electron chi connectivity index (χ0n) is 9.85. The van der Waals surface area contributed by atoms with Gasteiger partial charge in [-0.3, -0.25) is 4.79 Å². The van der Waals surface area contributed by atoms with Crippen molar-refractivity contribution in [3.8, 4) is 5.75 Å². The maximum Gasteiger partial charge on any atom is 0.176 e. The normalized spacial score (nSPS) is 19.9. The SMILES string of the molecule is CCOc1cccc(C(=O)C2CSCCS2)c1. The molecule has 2 rings (SSSR count). The molecule has 1 fully saturated rings.